The molecule has 0 aliphatic heterocycles. The molecule has 0 amide bonds. The molecule has 0 aliphatic carbocycles. The number of nitrogens with zero attached hydrogens (tertiary/aromatic N) is 1. The Morgan fingerprint density at radius 1 is 1.57 bits per heavy atom. The van der Waals surface area contributed by atoms with Crippen molar-refractivity contribution in [1.29, 1.82) is 0 Å². The molecule has 1 heterocycles. The van der Waals surface area contributed by atoms with Gasteiger partial charge in [-0.2, -0.15) is 0 Å². The van der Waals surface area contributed by atoms with Gasteiger partial charge in [0.05, 0.1) is 0 Å². The van der Waals surface area contributed by atoms with Gasteiger partial charge in [-0.15, -0.1) is 0 Å². The van der Waals surface area contributed by atoms with Crippen molar-refractivity contribution in [2.24, 2.45) is 5.73 Å². The van der Waals surface area contributed by atoms with Crippen molar-refractivity contribution in [3.05, 3.63) is 23.9 Å². The number of anilines is 1. The lowest BCUT2D eigenvalue weighted by atomic mass is 9.94. The van der Waals surface area contributed by atoms with Crippen LogP contribution < -0.4 is 11.5 Å². The number of aromatic nitrogens is 1. The minimum atomic E-state index is -1.36. The molecular weight excluding hydrogens is 181 g/mol. The average Bonchev–Trinajstić information content (AvgIpc) is 2.21. The molecule has 0 saturated heterocycles. The fraction of sp³-hybridized carbons (Fsp3) is 0.500. The minimum Gasteiger partial charge on any atom is -0.383 e. The van der Waals surface area contributed by atoms with Gasteiger partial charge in [0.2, 0.25) is 0 Å². The Morgan fingerprint density at radius 2 is 2.29 bits per heavy atom. The molecule has 14 heavy (non-hydrogen) atoms. The van der Waals surface area contributed by atoms with Gasteiger partial charge < -0.3 is 11.5 Å². The summed E-state index contributed by atoms with van der Waals surface area (Å²) in [5.74, 6) is 0.386. The number of nitrogens with two attached hydrogens (primary N) is 2. The maximum absolute atomic E-state index is 13.9. The number of halogens is 1. The summed E-state index contributed by atoms with van der Waals surface area (Å²) in [5.41, 5.74) is 10.4. The third-order valence-electron chi connectivity index (χ3n) is 2.43. The van der Waals surface area contributed by atoms with E-state index in [2.05, 4.69) is 4.98 Å². The van der Waals surface area contributed by atoms with Gasteiger partial charge in [-0.3, -0.25) is 0 Å². The highest BCUT2D eigenvalue weighted by molar-refractivity contribution is 5.39. The molecule has 1 unspecified atom stereocenters. The maximum atomic E-state index is 13.9. The summed E-state index contributed by atoms with van der Waals surface area (Å²) < 4.78 is 13.9. The quantitative estimate of drug-likeness (QED) is 0.764. The van der Waals surface area contributed by atoms with Gasteiger partial charge in [0, 0.05) is 19.2 Å². The van der Waals surface area contributed by atoms with Crippen LogP contribution in [0.25, 0.3) is 0 Å². The van der Waals surface area contributed by atoms with E-state index in [4.69, 9.17) is 11.5 Å². The molecule has 1 rings (SSSR count). The summed E-state index contributed by atoms with van der Waals surface area (Å²) in [6, 6.07) is 3.53. The van der Waals surface area contributed by atoms with Crippen LogP contribution in [0.1, 0.15) is 18.9 Å². The van der Waals surface area contributed by atoms with E-state index in [1.54, 1.807) is 25.3 Å². The van der Waals surface area contributed by atoms with E-state index in [0.29, 0.717) is 12.2 Å². The van der Waals surface area contributed by atoms with Crippen LogP contribution in [0.2, 0.25) is 0 Å². The van der Waals surface area contributed by atoms with Crippen LogP contribution in [0.3, 0.4) is 0 Å². The second-order valence-corrected chi connectivity index (χ2v) is 3.43. The number of pyridine rings is 1. The molecule has 4 heteroatoms. The highest BCUT2D eigenvalue weighted by atomic mass is 19.1. The van der Waals surface area contributed by atoms with E-state index in [1.807, 2.05) is 0 Å². The molecule has 4 N–H and O–H groups in total. The number of hydrogen-bond acceptors (Lipinski definition) is 3. The van der Waals surface area contributed by atoms with E-state index < -0.39 is 5.67 Å². The minimum absolute atomic E-state index is 0.0117. The molecule has 0 bridgehead atoms. The Hall–Kier alpha value is -1.16. The zero-order chi connectivity index (χ0) is 10.6. The van der Waals surface area contributed by atoms with E-state index in [-0.39, 0.29) is 13.0 Å². The van der Waals surface area contributed by atoms with Gasteiger partial charge >= 0.3 is 0 Å². The average molecular weight is 197 g/mol. The molecule has 1 aromatic heterocycles. The molecular formula is C10H16FN3. The molecule has 0 radical (unpaired) electrons. The Kier molecular flexibility index (Phi) is 3.41. The third-order valence-corrected chi connectivity index (χ3v) is 2.43. The zero-order valence-corrected chi connectivity index (χ0v) is 8.33. The molecule has 78 valence electrons. The molecule has 0 fully saturated rings. The SMILES string of the molecule is CCC(F)(CN)Cc1cccnc1N. The fourth-order valence-electron chi connectivity index (χ4n) is 1.28. The van der Waals surface area contributed by atoms with Crippen LogP contribution in [0, 0.1) is 0 Å². The number of nitrogen functional groups attached to an aromatic ring is 1. The Bertz CT molecular complexity index is 297. The summed E-state index contributed by atoms with van der Waals surface area (Å²) in [4.78, 5) is 3.90. The second-order valence-electron chi connectivity index (χ2n) is 3.43. The van der Waals surface area contributed by atoms with Crippen molar-refractivity contribution in [2.75, 3.05) is 12.3 Å². The van der Waals surface area contributed by atoms with Gasteiger partial charge in [0.1, 0.15) is 11.5 Å². The Labute approximate surface area is 83.3 Å². The summed E-state index contributed by atoms with van der Waals surface area (Å²) >= 11 is 0. The van der Waals surface area contributed by atoms with Crippen molar-refractivity contribution >= 4 is 5.82 Å². The summed E-state index contributed by atoms with van der Waals surface area (Å²) in [6.07, 6.45) is 2.21. The molecule has 1 aromatic rings. The van der Waals surface area contributed by atoms with E-state index >= 15 is 0 Å². The number of rotatable bonds is 4. The van der Waals surface area contributed by atoms with Crippen molar-refractivity contribution in [2.45, 2.75) is 25.4 Å². The normalized spacial score (nSPS) is 15.1. The molecule has 0 saturated carbocycles. The summed E-state index contributed by atoms with van der Waals surface area (Å²) in [7, 11) is 0. The topological polar surface area (TPSA) is 64.9 Å². The monoisotopic (exact) mass is 197 g/mol. The highest BCUT2D eigenvalue weighted by Gasteiger charge is 2.26. The first-order valence-electron chi connectivity index (χ1n) is 4.69. The van der Waals surface area contributed by atoms with Gasteiger partial charge in [-0.1, -0.05) is 13.0 Å². The predicted molar refractivity (Wildman–Crippen MR) is 55.5 cm³/mol. The van der Waals surface area contributed by atoms with Crippen molar-refractivity contribution in [1.82, 2.24) is 4.98 Å². The van der Waals surface area contributed by atoms with E-state index in [0.717, 1.165) is 5.56 Å². The summed E-state index contributed by atoms with van der Waals surface area (Å²) in [6.45, 7) is 1.79. The van der Waals surface area contributed by atoms with Crippen molar-refractivity contribution in [3.63, 3.8) is 0 Å². The summed E-state index contributed by atoms with van der Waals surface area (Å²) in [5, 5.41) is 0. The van der Waals surface area contributed by atoms with Crippen molar-refractivity contribution < 1.29 is 4.39 Å². The second kappa shape index (κ2) is 4.37. The lowest BCUT2D eigenvalue weighted by molar-refractivity contribution is 0.167. The lowest BCUT2D eigenvalue weighted by Gasteiger charge is -2.22. The standard InChI is InChI=1S/C10H16FN3/c1-2-10(11,7-12)6-8-4-3-5-14-9(8)13/h3-5H,2,6-7,12H2,1H3,(H2,13,14). The largest absolute Gasteiger partial charge is 0.383 e. The molecule has 0 aliphatic rings. The smallest absolute Gasteiger partial charge is 0.127 e. The number of alkyl halides is 1. The zero-order valence-electron chi connectivity index (χ0n) is 8.33. The van der Waals surface area contributed by atoms with Crippen LogP contribution in [0.15, 0.2) is 18.3 Å². The van der Waals surface area contributed by atoms with Crippen LogP contribution in [-0.4, -0.2) is 17.2 Å². The van der Waals surface area contributed by atoms with Crippen molar-refractivity contribution in [3.8, 4) is 0 Å². The Balaban J connectivity index is 2.82. The van der Waals surface area contributed by atoms with Crippen LogP contribution >= 0.6 is 0 Å². The van der Waals surface area contributed by atoms with Crippen LogP contribution in [0.4, 0.5) is 10.2 Å². The van der Waals surface area contributed by atoms with Crippen LogP contribution in [0.5, 0.6) is 0 Å². The maximum Gasteiger partial charge on any atom is 0.127 e. The van der Waals surface area contributed by atoms with Crippen LogP contribution in [-0.2, 0) is 6.42 Å². The molecule has 0 aromatic carbocycles. The highest BCUT2D eigenvalue weighted by Crippen LogP contribution is 2.22. The predicted octanol–water partition coefficient (Wildman–Crippen LogP) is 1.28. The fourth-order valence-corrected chi connectivity index (χ4v) is 1.28. The lowest BCUT2D eigenvalue weighted by Crippen LogP contribution is -2.34. The first kappa shape index (κ1) is 10.9. The van der Waals surface area contributed by atoms with Gasteiger partial charge in [-0.05, 0) is 18.1 Å². The van der Waals surface area contributed by atoms with E-state index in [1.165, 1.54) is 0 Å². The van der Waals surface area contributed by atoms with Gasteiger partial charge in [0.25, 0.3) is 0 Å². The Morgan fingerprint density at radius 3 is 2.79 bits per heavy atom. The van der Waals surface area contributed by atoms with Gasteiger partial charge in [-0.25, -0.2) is 9.37 Å². The first-order chi connectivity index (χ1) is 6.61. The van der Waals surface area contributed by atoms with E-state index in [9.17, 15) is 4.39 Å². The molecule has 3 nitrogen and oxygen atoms in total. The molecule has 0 spiro atoms. The first-order valence-corrected chi connectivity index (χ1v) is 4.69. The number of hydrogen-bond donors (Lipinski definition) is 2. The molecule has 1 atom stereocenters. The third kappa shape index (κ3) is 2.42. The van der Waals surface area contributed by atoms with Gasteiger partial charge in [0.15, 0.2) is 0 Å².